The molecule has 36 heavy (non-hydrogen) atoms. The Labute approximate surface area is 220 Å². The molecule has 3 N–H and O–H groups in total. The Kier molecular flexibility index (Phi) is 16.4. The van der Waals surface area contributed by atoms with E-state index in [-0.39, 0.29) is 18.6 Å². The number of nitrogens with one attached hydrogen (secondary N) is 2. The molecule has 1 atom stereocenters. The van der Waals surface area contributed by atoms with E-state index in [0.717, 1.165) is 32.5 Å². The molecule has 1 rings (SSSR count). The molecule has 1 aliphatic rings. The van der Waals surface area contributed by atoms with Crippen LogP contribution in [0, 0.1) is 5.41 Å². The largest absolute Gasteiger partial charge is 0.472 e. The minimum absolute atomic E-state index is 0.161. The molecule has 0 bridgehead atoms. The number of rotatable bonds is 18. The van der Waals surface area contributed by atoms with Gasteiger partial charge in [-0.3, -0.25) is 9.05 Å². The fourth-order valence-corrected chi connectivity index (χ4v) is 4.95. The van der Waals surface area contributed by atoms with E-state index in [9.17, 15) is 9.46 Å². The highest BCUT2D eigenvalue weighted by Gasteiger charge is 2.26. The summed E-state index contributed by atoms with van der Waals surface area (Å²) in [6.45, 7) is 16.7. The zero-order valence-corrected chi connectivity index (χ0v) is 24.5. The SMILES string of the molecule is CCCOP(=O)(O)OCCNCCCCNC/C=C(C)/C=C/C=C(C)/C=C/C1=C(C)CCCC1(C)C. The van der Waals surface area contributed by atoms with Crippen LogP contribution in [0.15, 0.2) is 58.7 Å². The average molecular weight is 523 g/mol. The maximum atomic E-state index is 11.5. The van der Waals surface area contributed by atoms with Crippen molar-refractivity contribution in [3.63, 3.8) is 0 Å². The lowest BCUT2D eigenvalue weighted by atomic mass is 9.72. The predicted octanol–water partition coefficient (Wildman–Crippen LogP) is 7.02. The Bertz CT molecular complexity index is 840. The molecule has 0 aromatic rings. The van der Waals surface area contributed by atoms with Gasteiger partial charge in [0.1, 0.15) is 0 Å². The third-order valence-corrected chi connectivity index (χ3v) is 7.31. The topological polar surface area (TPSA) is 79.8 Å². The summed E-state index contributed by atoms with van der Waals surface area (Å²) in [5, 5.41) is 6.66. The van der Waals surface area contributed by atoms with Crippen molar-refractivity contribution in [3.8, 4) is 0 Å². The first-order valence-electron chi connectivity index (χ1n) is 13.5. The van der Waals surface area contributed by atoms with Crippen LogP contribution in [0.2, 0.25) is 0 Å². The van der Waals surface area contributed by atoms with Gasteiger partial charge in [0.05, 0.1) is 13.2 Å². The number of hydrogen-bond donors (Lipinski definition) is 3. The van der Waals surface area contributed by atoms with Crippen molar-refractivity contribution < 1.29 is 18.5 Å². The van der Waals surface area contributed by atoms with Crippen LogP contribution in [0.1, 0.15) is 80.1 Å². The van der Waals surface area contributed by atoms with Gasteiger partial charge in [-0.05, 0) is 83.4 Å². The normalized spacial score (nSPS) is 19.0. The molecule has 0 radical (unpaired) electrons. The number of phosphoric ester groups is 1. The van der Waals surface area contributed by atoms with Gasteiger partial charge in [-0.15, -0.1) is 0 Å². The van der Waals surface area contributed by atoms with Crippen LogP contribution in [0.25, 0.3) is 0 Å². The maximum Gasteiger partial charge on any atom is 0.472 e. The van der Waals surface area contributed by atoms with Crippen molar-refractivity contribution in [3.05, 3.63) is 58.7 Å². The minimum atomic E-state index is -3.89. The molecule has 7 heteroatoms. The second-order valence-corrected chi connectivity index (χ2v) is 11.7. The summed E-state index contributed by atoms with van der Waals surface area (Å²) in [6.07, 6.45) is 19.8. The van der Waals surface area contributed by atoms with Crippen LogP contribution in [-0.4, -0.2) is 44.3 Å². The second-order valence-electron chi connectivity index (χ2n) is 10.3. The van der Waals surface area contributed by atoms with Crippen LogP contribution in [0.3, 0.4) is 0 Å². The van der Waals surface area contributed by atoms with E-state index in [0.29, 0.717) is 13.0 Å². The number of unbranched alkanes of at least 4 members (excludes halogenated alkanes) is 1. The van der Waals surface area contributed by atoms with Gasteiger partial charge in [0.15, 0.2) is 0 Å². The van der Waals surface area contributed by atoms with Crippen LogP contribution >= 0.6 is 7.82 Å². The van der Waals surface area contributed by atoms with Crippen molar-refractivity contribution >= 4 is 7.82 Å². The Morgan fingerprint density at radius 1 is 1.06 bits per heavy atom. The van der Waals surface area contributed by atoms with Gasteiger partial charge in [0.25, 0.3) is 0 Å². The third kappa shape index (κ3) is 15.1. The summed E-state index contributed by atoms with van der Waals surface area (Å²) in [4.78, 5) is 9.43. The molecule has 1 unspecified atom stereocenters. The standard InChI is InChI=1S/C29H51N2O4P/c1-7-23-34-36(32,33)35-24-22-31-20-9-8-19-30-21-17-26(3)13-10-12-25(2)15-16-28-27(4)14-11-18-29(28,5)6/h10,12-13,15-17,30-31H,7-9,11,14,18-24H2,1-6H3,(H,32,33)/b13-10+,16-15+,25-12+,26-17+. The first kappa shape index (κ1) is 32.8. The van der Waals surface area contributed by atoms with Crippen molar-refractivity contribution in [2.75, 3.05) is 39.4 Å². The third-order valence-electron chi connectivity index (χ3n) is 6.29. The lowest BCUT2D eigenvalue weighted by molar-refractivity contribution is 0.150. The average Bonchev–Trinajstić information content (AvgIpc) is 2.80. The van der Waals surface area contributed by atoms with E-state index in [4.69, 9.17) is 9.05 Å². The van der Waals surface area contributed by atoms with E-state index >= 15 is 0 Å². The van der Waals surface area contributed by atoms with E-state index in [1.807, 2.05) is 6.92 Å². The zero-order chi connectivity index (χ0) is 26.9. The Hall–Kier alpha value is -1.27. The summed E-state index contributed by atoms with van der Waals surface area (Å²) < 4.78 is 21.2. The van der Waals surface area contributed by atoms with Gasteiger partial charge < -0.3 is 15.5 Å². The molecule has 0 fully saturated rings. The molecule has 0 spiro atoms. The molecule has 0 saturated heterocycles. The summed E-state index contributed by atoms with van der Waals surface area (Å²) in [5.41, 5.74) is 5.82. The molecular formula is C29H51N2O4P. The lowest BCUT2D eigenvalue weighted by Crippen LogP contribution is -2.22. The van der Waals surface area contributed by atoms with Crippen LogP contribution in [0.5, 0.6) is 0 Å². The van der Waals surface area contributed by atoms with Crippen molar-refractivity contribution in [2.24, 2.45) is 5.41 Å². The molecule has 6 nitrogen and oxygen atoms in total. The lowest BCUT2D eigenvalue weighted by Gasteiger charge is -2.32. The summed E-state index contributed by atoms with van der Waals surface area (Å²) in [7, 11) is -3.89. The van der Waals surface area contributed by atoms with Gasteiger partial charge in [-0.25, -0.2) is 4.57 Å². The van der Waals surface area contributed by atoms with Crippen LogP contribution in [-0.2, 0) is 13.6 Å². The number of phosphoric acid groups is 1. The molecular weight excluding hydrogens is 471 g/mol. The highest BCUT2D eigenvalue weighted by atomic mass is 31.2. The molecule has 0 amide bonds. The van der Waals surface area contributed by atoms with Gasteiger partial charge in [0.2, 0.25) is 0 Å². The first-order valence-corrected chi connectivity index (χ1v) is 15.0. The van der Waals surface area contributed by atoms with Crippen molar-refractivity contribution in [2.45, 2.75) is 80.1 Å². The Morgan fingerprint density at radius 3 is 2.44 bits per heavy atom. The molecule has 0 aromatic heterocycles. The number of hydrogen-bond acceptors (Lipinski definition) is 5. The van der Waals surface area contributed by atoms with E-state index in [1.54, 1.807) is 0 Å². The van der Waals surface area contributed by atoms with Crippen LogP contribution in [0.4, 0.5) is 0 Å². The Morgan fingerprint density at radius 2 is 1.75 bits per heavy atom. The monoisotopic (exact) mass is 522 g/mol. The minimum Gasteiger partial charge on any atom is -0.314 e. The van der Waals surface area contributed by atoms with Gasteiger partial charge >= 0.3 is 7.82 Å². The van der Waals surface area contributed by atoms with Crippen molar-refractivity contribution in [1.29, 1.82) is 0 Å². The van der Waals surface area contributed by atoms with Gasteiger partial charge in [0, 0.05) is 13.1 Å². The maximum absolute atomic E-state index is 11.5. The summed E-state index contributed by atoms with van der Waals surface area (Å²) in [6, 6.07) is 0. The highest BCUT2D eigenvalue weighted by Crippen LogP contribution is 2.43. The molecule has 206 valence electrons. The number of allylic oxidation sites excluding steroid dienone is 9. The highest BCUT2D eigenvalue weighted by molar-refractivity contribution is 7.47. The molecule has 0 saturated carbocycles. The fourth-order valence-electron chi connectivity index (χ4n) is 4.14. The van der Waals surface area contributed by atoms with Crippen LogP contribution < -0.4 is 10.6 Å². The predicted molar refractivity (Wildman–Crippen MR) is 153 cm³/mol. The quantitative estimate of drug-likeness (QED) is 0.102. The summed E-state index contributed by atoms with van der Waals surface area (Å²) >= 11 is 0. The van der Waals surface area contributed by atoms with E-state index < -0.39 is 7.82 Å². The zero-order valence-electron chi connectivity index (χ0n) is 23.6. The van der Waals surface area contributed by atoms with E-state index in [1.165, 1.54) is 41.6 Å². The first-order chi connectivity index (χ1) is 17.1. The molecule has 0 aliphatic heterocycles. The van der Waals surface area contributed by atoms with Gasteiger partial charge in [-0.2, -0.15) is 0 Å². The van der Waals surface area contributed by atoms with Gasteiger partial charge in [-0.1, -0.05) is 73.9 Å². The fraction of sp³-hybridized carbons (Fsp3) is 0.655. The smallest absolute Gasteiger partial charge is 0.314 e. The second kappa shape index (κ2) is 18.1. The molecule has 0 aromatic carbocycles. The molecule has 1 aliphatic carbocycles. The molecule has 0 heterocycles. The Balaban J connectivity index is 2.17. The summed E-state index contributed by atoms with van der Waals surface area (Å²) in [5.74, 6) is 0. The van der Waals surface area contributed by atoms with E-state index in [2.05, 4.69) is 81.7 Å². The van der Waals surface area contributed by atoms with Crippen molar-refractivity contribution in [1.82, 2.24) is 10.6 Å².